The number of benzene rings is 2. The van der Waals surface area contributed by atoms with Crippen LogP contribution in [0.3, 0.4) is 0 Å². The third kappa shape index (κ3) is 2.85. The van der Waals surface area contributed by atoms with Crippen LogP contribution in [0.5, 0.6) is 23.0 Å². The quantitative estimate of drug-likeness (QED) is 0.788. The van der Waals surface area contributed by atoms with Gasteiger partial charge in [-0.3, -0.25) is 4.79 Å². The van der Waals surface area contributed by atoms with E-state index in [1.165, 1.54) is 18.2 Å². The SMILES string of the molecule is CCOc1ccccc1Oc1c(C)oc2cc(O)ccc2c1=O. The van der Waals surface area contributed by atoms with Crippen LogP contribution < -0.4 is 14.9 Å². The number of rotatable bonds is 4. The van der Waals surface area contributed by atoms with Crippen molar-refractivity contribution < 1.29 is 19.0 Å². The molecule has 3 aromatic rings. The fourth-order valence-corrected chi connectivity index (χ4v) is 2.31. The number of para-hydroxylation sites is 2. The predicted octanol–water partition coefficient (Wildman–Crippen LogP) is 4.00. The van der Waals surface area contributed by atoms with Gasteiger partial charge in [-0.2, -0.15) is 0 Å². The summed E-state index contributed by atoms with van der Waals surface area (Å²) < 4.78 is 16.9. The topological polar surface area (TPSA) is 68.9 Å². The standard InChI is InChI=1S/C18H16O5/c1-3-21-14-6-4-5-7-15(14)23-18-11(2)22-16-10-12(19)8-9-13(16)17(18)20/h4-10,19H,3H2,1-2H3. The Labute approximate surface area is 132 Å². The van der Waals surface area contributed by atoms with Crippen LogP contribution in [0.2, 0.25) is 0 Å². The van der Waals surface area contributed by atoms with E-state index in [1.54, 1.807) is 25.1 Å². The number of fused-ring (bicyclic) bond motifs is 1. The monoisotopic (exact) mass is 312 g/mol. The number of hydrogen-bond donors (Lipinski definition) is 1. The molecule has 5 heteroatoms. The van der Waals surface area contributed by atoms with Crippen molar-refractivity contribution in [2.24, 2.45) is 0 Å². The fraction of sp³-hybridized carbons (Fsp3) is 0.167. The Balaban J connectivity index is 2.11. The van der Waals surface area contributed by atoms with Crippen molar-refractivity contribution in [2.75, 3.05) is 6.61 Å². The molecule has 0 amide bonds. The molecular weight excluding hydrogens is 296 g/mol. The third-order valence-corrected chi connectivity index (χ3v) is 3.36. The number of aryl methyl sites for hydroxylation is 1. The maximum atomic E-state index is 12.6. The van der Waals surface area contributed by atoms with Crippen molar-refractivity contribution in [1.29, 1.82) is 0 Å². The summed E-state index contributed by atoms with van der Waals surface area (Å²) in [5.41, 5.74) is 0.0213. The molecule has 23 heavy (non-hydrogen) atoms. The molecule has 118 valence electrons. The van der Waals surface area contributed by atoms with Crippen molar-refractivity contribution in [1.82, 2.24) is 0 Å². The second-order valence-electron chi connectivity index (χ2n) is 4.98. The maximum absolute atomic E-state index is 12.6. The van der Waals surface area contributed by atoms with E-state index < -0.39 is 0 Å². The van der Waals surface area contributed by atoms with Crippen molar-refractivity contribution in [3.63, 3.8) is 0 Å². The molecule has 0 fully saturated rings. The minimum atomic E-state index is -0.296. The molecule has 0 atom stereocenters. The van der Waals surface area contributed by atoms with Gasteiger partial charge in [-0.1, -0.05) is 12.1 Å². The van der Waals surface area contributed by atoms with Gasteiger partial charge in [0, 0.05) is 6.07 Å². The highest BCUT2D eigenvalue weighted by atomic mass is 16.5. The summed E-state index contributed by atoms with van der Waals surface area (Å²) in [4.78, 5) is 12.6. The van der Waals surface area contributed by atoms with Gasteiger partial charge >= 0.3 is 0 Å². The molecule has 0 saturated heterocycles. The lowest BCUT2D eigenvalue weighted by molar-refractivity contribution is 0.318. The normalized spacial score (nSPS) is 10.7. The molecule has 5 nitrogen and oxygen atoms in total. The highest BCUT2D eigenvalue weighted by Gasteiger charge is 2.16. The van der Waals surface area contributed by atoms with Crippen molar-refractivity contribution in [3.05, 3.63) is 58.4 Å². The third-order valence-electron chi connectivity index (χ3n) is 3.36. The van der Waals surface area contributed by atoms with E-state index >= 15 is 0 Å². The summed E-state index contributed by atoms with van der Waals surface area (Å²) in [6, 6.07) is 11.5. The Morgan fingerprint density at radius 2 is 1.87 bits per heavy atom. The Kier molecular flexibility index (Phi) is 3.93. The van der Waals surface area contributed by atoms with Gasteiger partial charge in [0.05, 0.1) is 12.0 Å². The lowest BCUT2D eigenvalue weighted by atomic mass is 10.2. The zero-order valence-electron chi connectivity index (χ0n) is 12.8. The predicted molar refractivity (Wildman–Crippen MR) is 86.6 cm³/mol. The van der Waals surface area contributed by atoms with Crippen molar-refractivity contribution in [2.45, 2.75) is 13.8 Å². The van der Waals surface area contributed by atoms with E-state index in [0.29, 0.717) is 34.8 Å². The van der Waals surface area contributed by atoms with E-state index in [4.69, 9.17) is 13.9 Å². The molecule has 0 unspecified atom stereocenters. The Hall–Kier alpha value is -2.95. The van der Waals surface area contributed by atoms with Crippen LogP contribution in [0.25, 0.3) is 11.0 Å². The number of ether oxygens (including phenoxy) is 2. The van der Waals surface area contributed by atoms with Gasteiger partial charge in [0.25, 0.3) is 0 Å². The summed E-state index contributed by atoms with van der Waals surface area (Å²) >= 11 is 0. The van der Waals surface area contributed by atoms with Crippen LogP contribution in [-0.2, 0) is 0 Å². The zero-order valence-corrected chi connectivity index (χ0v) is 12.8. The Morgan fingerprint density at radius 3 is 2.61 bits per heavy atom. The molecule has 0 aliphatic carbocycles. The molecule has 0 spiro atoms. The largest absolute Gasteiger partial charge is 0.508 e. The van der Waals surface area contributed by atoms with E-state index in [-0.39, 0.29) is 16.9 Å². The first-order valence-electron chi connectivity index (χ1n) is 7.26. The Morgan fingerprint density at radius 1 is 1.13 bits per heavy atom. The van der Waals surface area contributed by atoms with Crippen LogP contribution in [0, 0.1) is 6.92 Å². The summed E-state index contributed by atoms with van der Waals surface area (Å²) in [6.07, 6.45) is 0. The average molecular weight is 312 g/mol. The minimum absolute atomic E-state index is 0.0374. The van der Waals surface area contributed by atoms with Crippen LogP contribution >= 0.6 is 0 Å². The number of aromatic hydroxyl groups is 1. The summed E-state index contributed by atoms with van der Waals surface area (Å²) in [6.45, 7) is 4.01. The van der Waals surface area contributed by atoms with E-state index in [0.717, 1.165) is 0 Å². The van der Waals surface area contributed by atoms with Gasteiger partial charge < -0.3 is 19.0 Å². The number of hydrogen-bond acceptors (Lipinski definition) is 5. The Bertz CT molecular complexity index is 911. The molecule has 1 N–H and O–H groups in total. The van der Waals surface area contributed by atoms with Crippen molar-refractivity contribution >= 4 is 11.0 Å². The molecule has 3 rings (SSSR count). The molecule has 1 heterocycles. The molecule has 0 radical (unpaired) electrons. The second kappa shape index (κ2) is 6.04. The first-order chi connectivity index (χ1) is 11.1. The molecular formula is C18H16O5. The minimum Gasteiger partial charge on any atom is -0.508 e. The maximum Gasteiger partial charge on any atom is 0.235 e. The fourth-order valence-electron chi connectivity index (χ4n) is 2.31. The van der Waals surface area contributed by atoms with Gasteiger partial charge in [-0.25, -0.2) is 0 Å². The molecule has 0 saturated carbocycles. The second-order valence-corrected chi connectivity index (χ2v) is 4.98. The van der Waals surface area contributed by atoms with Crippen LogP contribution in [0.15, 0.2) is 51.7 Å². The van der Waals surface area contributed by atoms with E-state index in [2.05, 4.69) is 0 Å². The van der Waals surface area contributed by atoms with Gasteiger partial charge in [0.15, 0.2) is 11.5 Å². The first kappa shape index (κ1) is 15.0. The van der Waals surface area contributed by atoms with Gasteiger partial charge in [0.2, 0.25) is 11.2 Å². The summed E-state index contributed by atoms with van der Waals surface area (Å²) in [5, 5.41) is 9.85. The van der Waals surface area contributed by atoms with Crippen LogP contribution in [-0.4, -0.2) is 11.7 Å². The first-order valence-corrected chi connectivity index (χ1v) is 7.26. The van der Waals surface area contributed by atoms with Crippen molar-refractivity contribution in [3.8, 4) is 23.0 Å². The van der Waals surface area contributed by atoms with Gasteiger partial charge in [0.1, 0.15) is 17.1 Å². The average Bonchev–Trinajstić information content (AvgIpc) is 2.53. The van der Waals surface area contributed by atoms with E-state index in [1.807, 2.05) is 13.0 Å². The highest BCUT2D eigenvalue weighted by molar-refractivity contribution is 5.79. The van der Waals surface area contributed by atoms with Gasteiger partial charge in [-0.15, -0.1) is 0 Å². The lowest BCUT2D eigenvalue weighted by Crippen LogP contribution is -2.08. The summed E-state index contributed by atoms with van der Waals surface area (Å²) in [7, 11) is 0. The number of phenols is 1. The molecule has 0 aliphatic heterocycles. The summed E-state index contributed by atoms with van der Waals surface area (Å²) in [5.74, 6) is 1.48. The zero-order chi connectivity index (χ0) is 16.4. The van der Waals surface area contributed by atoms with Crippen LogP contribution in [0.4, 0.5) is 0 Å². The lowest BCUT2D eigenvalue weighted by Gasteiger charge is -2.12. The molecule has 0 bridgehead atoms. The molecule has 2 aromatic carbocycles. The van der Waals surface area contributed by atoms with E-state index in [9.17, 15) is 9.90 Å². The highest BCUT2D eigenvalue weighted by Crippen LogP contribution is 2.32. The smallest absolute Gasteiger partial charge is 0.235 e. The van der Waals surface area contributed by atoms with Gasteiger partial charge in [-0.05, 0) is 38.1 Å². The molecule has 0 aliphatic rings. The molecule has 1 aromatic heterocycles. The van der Waals surface area contributed by atoms with Crippen LogP contribution in [0.1, 0.15) is 12.7 Å². The number of phenolic OH excluding ortho intramolecular Hbond substituents is 1.